The maximum atomic E-state index is 10.3. The van der Waals surface area contributed by atoms with Crippen LogP contribution in [0.3, 0.4) is 0 Å². The largest absolute Gasteiger partial charge is 0.369 e. The van der Waals surface area contributed by atoms with Crippen LogP contribution in [-0.2, 0) is 4.79 Å². The van der Waals surface area contributed by atoms with Crippen molar-refractivity contribution < 1.29 is 4.79 Å². The lowest BCUT2D eigenvalue weighted by Gasteiger charge is -1.93. The number of hydrogen-bond donors (Lipinski definition) is 1. The Morgan fingerprint density at radius 1 is 1.78 bits per heavy atom. The summed E-state index contributed by atoms with van der Waals surface area (Å²) in [7, 11) is 0. The van der Waals surface area contributed by atoms with Crippen molar-refractivity contribution in [3.63, 3.8) is 0 Å². The number of carbonyl (C=O) groups is 1. The molecule has 0 aromatic heterocycles. The van der Waals surface area contributed by atoms with Crippen molar-refractivity contribution >= 4 is 5.91 Å². The zero-order chi connectivity index (χ0) is 7.28. The molecule has 0 fully saturated rings. The van der Waals surface area contributed by atoms with Gasteiger partial charge in [0.15, 0.2) is 0 Å². The van der Waals surface area contributed by atoms with Crippen LogP contribution in [0.5, 0.6) is 0 Å². The van der Waals surface area contributed by atoms with Gasteiger partial charge in [0.05, 0.1) is 6.42 Å². The minimum absolute atomic E-state index is 0.292. The Labute approximate surface area is 55.1 Å². The molecular weight excluding hydrogens is 114 g/mol. The Hall–Kier alpha value is -1.05. The quantitative estimate of drug-likeness (QED) is 0.562. The summed E-state index contributed by atoms with van der Waals surface area (Å²) >= 11 is 0. The van der Waals surface area contributed by atoms with E-state index in [1.807, 2.05) is 13.0 Å². The van der Waals surface area contributed by atoms with Crippen molar-refractivity contribution in [2.45, 2.75) is 13.3 Å². The second-order valence-corrected chi connectivity index (χ2v) is 1.71. The molecule has 0 unspecified atom stereocenters. The monoisotopic (exact) mass is 125 g/mol. The number of hydrogen-bond acceptors (Lipinski definition) is 1. The van der Waals surface area contributed by atoms with E-state index in [0.717, 1.165) is 5.57 Å². The third kappa shape index (κ3) is 3.53. The van der Waals surface area contributed by atoms with Crippen molar-refractivity contribution in [2.75, 3.05) is 0 Å². The molecule has 2 nitrogen and oxygen atoms in total. The van der Waals surface area contributed by atoms with E-state index >= 15 is 0 Å². The number of allylic oxidation sites excluding steroid dienone is 2. The van der Waals surface area contributed by atoms with Crippen molar-refractivity contribution in [2.24, 2.45) is 5.73 Å². The van der Waals surface area contributed by atoms with Crippen LogP contribution < -0.4 is 5.73 Å². The Balaban J connectivity index is 3.86. The van der Waals surface area contributed by atoms with Gasteiger partial charge in [0.1, 0.15) is 0 Å². The van der Waals surface area contributed by atoms with Crippen LogP contribution in [0.2, 0.25) is 0 Å². The predicted octanol–water partition coefficient (Wildman–Crippen LogP) is 0.994. The highest BCUT2D eigenvalue weighted by Gasteiger charge is 1.94. The Morgan fingerprint density at radius 2 is 2.33 bits per heavy atom. The molecule has 0 rings (SSSR count). The summed E-state index contributed by atoms with van der Waals surface area (Å²) < 4.78 is 0. The van der Waals surface area contributed by atoms with Crippen LogP contribution in [0.15, 0.2) is 24.3 Å². The summed E-state index contributed by atoms with van der Waals surface area (Å²) in [5, 5.41) is 0. The molecule has 0 saturated heterocycles. The summed E-state index contributed by atoms with van der Waals surface area (Å²) in [6.45, 7) is 5.36. The van der Waals surface area contributed by atoms with Gasteiger partial charge >= 0.3 is 0 Å². The number of primary amides is 1. The second kappa shape index (κ2) is 3.89. The molecule has 1 amide bonds. The maximum Gasteiger partial charge on any atom is 0.221 e. The molecule has 0 aliphatic heterocycles. The first kappa shape index (κ1) is 7.95. The van der Waals surface area contributed by atoms with E-state index < -0.39 is 0 Å². The minimum Gasteiger partial charge on any atom is -0.369 e. The smallest absolute Gasteiger partial charge is 0.221 e. The molecule has 0 heterocycles. The van der Waals surface area contributed by atoms with Crippen molar-refractivity contribution in [1.29, 1.82) is 0 Å². The van der Waals surface area contributed by atoms with E-state index in [0.29, 0.717) is 6.42 Å². The molecule has 0 atom stereocenters. The fourth-order valence-corrected chi connectivity index (χ4v) is 0.493. The Bertz CT molecular complexity index is 147. The first-order valence-corrected chi connectivity index (χ1v) is 2.76. The molecule has 2 heteroatoms. The van der Waals surface area contributed by atoms with Gasteiger partial charge in [0.2, 0.25) is 5.91 Å². The van der Waals surface area contributed by atoms with Gasteiger partial charge in [-0.25, -0.2) is 0 Å². The van der Waals surface area contributed by atoms with Crippen LogP contribution >= 0.6 is 0 Å². The average Bonchev–Trinajstić information content (AvgIpc) is 1.82. The molecule has 0 radical (unpaired) electrons. The fraction of sp³-hybridized carbons (Fsp3) is 0.286. The first-order chi connectivity index (χ1) is 4.20. The number of amides is 1. The van der Waals surface area contributed by atoms with Gasteiger partial charge in [-0.15, -0.1) is 0 Å². The van der Waals surface area contributed by atoms with Crippen LogP contribution in [0, 0.1) is 0 Å². The van der Waals surface area contributed by atoms with Gasteiger partial charge in [0, 0.05) is 0 Å². The Morgan fingerprint density at radius 3 is 2.44 bits per heavy atom. The second-order valence-electron chi connectivity index (χ2n) is 1.71. The lowest BCUT2D eigenvalue weighted by atomic mass is 10.2. The summed E-state index contributed by atoms with van der Waals surface area (Å²) in [6.07, 6.45) is 3.74. The number of rotatable bonds is 3. The van der Waals surface area contributed by atoms with Crippen molar-refractivity contribution in [3.8, 4) is 0 Å². The van der Waals surface area contributed by atoms with E-state index in [1.165, 1.54) is 0 Å². The highest BCUT2D eigenvalue weighted by atomic mass is 16.1. The molecule has 0 aromatic rings. The average molecular weight is 125 g/mol. The van der Waals surface area contributed by atoms with Crippen molar-refractivity contribution in [3.05, 3.63) is 24.3 Å². The molecular formula is C7H11NO. The van der Waals surface area contributed by atoms with E-state index in [-0.39, 0.29) is 5.91 Å². The molecule has 0 bridgehead atoms. The normalized spacial score (nSPS) is 11.0. The van der Waals surface area contributed by atoms with Crippen LogP contribution in [0.4, 0.5) is 0 Å². The topological polar surface area (TPSA) is 43.1 Å². The summed E-state index contributed by atoms with van der Waals surface area (Å²) in [5.41, 5.74) is 5.79. The summed E-state index contributed by atoms with van der Waals surface area (Å²) in [4.78, 5) is 10.3. The molecule has 0 aliphatic carbocycles. The lowest BCUT2D eigenvalue weighted by Crippen LogP contribution is -2.10. The molecule has 2 N–H and O–H groups in total. The molecule has 0 spiro atoms. The van der Waals surface area contributed by atoms with Crippen molar-refractivity contribution in [1.82, 2.24) is 0 Å². The highest BCUT2D eigenvalue weighted by Crippen LogP contribution is 1.99. The van der Waals surface area contributed by atoms with Crippen LogP contribution in [0.25, 0.3) is 0 Å². The minimum atomic E-state index is -0.317. The first-order valence-electron chi connectivity index (χ1n) is 2.76. The zero-order valence-corrected chi connectivity index (χ0v) is 5.55. The molecule has 0 saturated carbocycles. The third-order valence-electron chi connectivity index (χ3n) is 1.01. The molecule has 0 aliphatic rings. The summed E-state index contributed by atoms with van der Waals surface area (Å²) in [5.74, 6) is -0.317. The molecule has 9 heavy (non-hydrogen) atoms. The van der Waals surface area contributed by atoms with Gasteiger partial charge in [0.25, 0.3) is 0 Å². The van der Waals surface area contributed by atoms with Gasteiger partial charge < -0.3 is 5.73 Å². The number of nitrogens with two attached hydrogens (primary N) is 1. The van der Waals surface area contributed by atoms with E-state index in [9.17, 15) is 4.79 Å². The van der Waals surface area contributed by atoms with Gasteiger partial charge in [-0.3, -0.25) is 4.79 Å². The van der Waals surface area contributed by atoms with E-state index in [1.54, 1.807) is 6.08 Å². The zero-order valence-electron chi connectivity index (χ0n) is 5.55. The predicted molar refractivity (Wildman–Crippen MR) is 37.8 cm³/mol. The molecule has 0 aromatic carbocycles. The maximum absolute atomic E-state index is 10.3. The van der Waals surface area contributed by atoms with E-state index in [4.69, 9.17) is 5.73 Å². The van der Waals surface area contributed by atoms with Crippen LogP contribution in [-0.4, -0.2) is 5.91 Å². The van der Waals surface area contributed by atoms with Gasteiger partial charge in [-0.2, -0.15) is 0 Å². The van der Waals surface area contributed by atoms with Gasteiger partial charge in [-0.05, 0) is 12.5 Å². The lowest BCUT2D eigenvalue weighted by molar-refractivity contribution is -0.117. The highest BCUT2D eigenvalue weighted by molar-refractivity contribution is 5.77. The summed E-state index contributed by atoms with van der Waals surface area (Å²) in [6, 6.07) is 0. The Kier molecular flexibility index (Phi) is 3.44. The van der Waals surface area contributed by atoms with E-state index in [2.05, 4.69) is 6.58 Å². The third-order valence-corrected chi connectivity index (χ3v) is 1.01. The fourth-order valence-electron chi connectivity index (χ4n) is 0.493. The standard InChI is InChI=1S/C7H11NO/c1-3-6(4-2)5-7(8)9/h3-4H,1,5H2,2H3,(H2,8,9)/b6-4+. The molecule has 50 valence electrons. The number of carbonyl (C=O) groups excluding carboxylic acids is 1. The van der Waals surface area contributed by atoms with Gasteiger partial charge in [-0.1, -0.05) is 18.7 Å². The van der Waals surface area contributed by atoms with Crippen LogP contribution in [0.1, 0.15) is 13.3 Å². The SMILES string of the molecule is C=C/C(=C\C)CC(N)=O.